The second kappa shape index (κ2) is 9.86. The highest BCUT2D eigenvalue weighted by molar-refractivity contribution is 5.96. The Kier molecular flexibility index (Phi) is 6.54. The van der Waals surface area contributed by atoms with Gasteiger partial charge < -0.3 is 14.8 Å². The summed E-state index contributed by atoms with van der Waals surface area (Å²) in [5.41, 5.74) is 3.31. The number of rotatable bonds is 9. The molecule has 0 aliphatic heterocycles. The van der Waals surface area contributed by atoms with Crippen molar-refractivity contribution in [3.8, 4) is 11.6 Å². The van der Waals surface area contributed by atoms with Crippen LogP contribution in [0.2, 0.25) is 0 Å². The van der Waals surface area contributed by atoms with Gasteiger partial charge in [0.05, 0.1) is 23.2 Å². The molecule has 2 heterocycles. The molecule has 158 valence electrons. The molecule has 7 heteroatoms. The molecular weight excluding hydrogens is 392 g/mol. The van der Waals surface area contributed by atoms with Crippen LogP contribution < -0.4 is 10.1 Å². The standard InChI is InChI=1S/C24H24N4O3/c1-2-30-13-14-31-22-10-6-3-7-19(22)24(29)26-16-18-11-12-23(25-15-18)28-17-27-20-8-4-5-9-21(20)28/h3-12,15,17H,2,13-14,16H2,1H3,(H,26,29). The van der Waals surface area contributed by atoms with E-state index in [0.717, 1.165) is 22.4 Å². The average molecular weight is 416 g/mol. The lowest BCUT2D eigenvalue weighted by Crippen LogP contribution is -2.23. The Hall–Kier alpha value is -3.71. The first-order valence-electron chi connectivity index (χ1n) is 10.2. The highest BCUT2D eigenvalue weighted by Crippen LogP contribution is 2.19. The Labute approximate surface area is 180 Å². The molecule has 0 spiro atoms. The van der Waals surface area contributed by atoms with E-state index in [2.05, 4.69) is 15.3 Å². The summed E-state index contributed by atoms with van der Waals surface area (Å²) >= 11 is 0. The quantitative estimate of drug-likeness (QED) is 0.420. The maximum atomic E-state index is 12.7. The van der Waals surface area contributed by atoms with Crippen molar-refractivity contribution in [1.82, 2.24) is 19.9 Å². The van der Waals surface area contributed by atoms with Crippen LogP contribution in [-0.2, 0) is 11.3 Å². The Balaban J connectivity index is 1.39. The van der Waals surface area contributed by atoms with Gasteiger partial charge in [-0.2, -0.15) is 0 Å². The van der Waals surface area contributed by atoms with Crippen molar-refractivity contribution in [2.45, 2.75) is 13.5 Å². The number of pyridine rings is 1. The van der Waals surface area contributed by atoms with E-state index in [0.29, 0.717) is 37.7 Å². The number of benzene rings is 2. The first-order chi connectivity index (χ1) is 15.3. The van der Waals surface area contributed by atoms with Crippen molar-refractivity contribution < 1.29 is 14.3 Å². The van der Waals surface area contributed by atoms with Gasteiger partial charge in [-0.15, -0.1) is 0 Å². The summed E-state index contributed by atoms with van der Waals surface area (Å²) in [7, 11) is 0. The number of nitrogens with one attached hydrogen (secondary N) is 1. The summed E-state index contributed by atoms with van der Waals surface area (Å²) in [6.07, 6.45) is 3.52. The lowest BCUT2D eigenvalue weighted by molar-refractivity contribution is 0.0934. The third kappa shape index (κ3) is 4.90. The van der Waals surface area contributed by atoms with Crippen molar-refractivity contribution >= 4 is 16.9 Å². The van der Waals surface area contributed by atoms with Crippen LogP contribution in [0.25, 0.3) is 16.9 Å². The van der Waals surface area contributed by atoms with Crippen LogP contribution in [0.4, 0.5) is 0 Å². The van der Waals surface area contributed by atoms with Crippen molar-refractivity contribution in [3.05, 3.63) is 84.3 Å². The molecule has 0 aliphatic carbocycles. The predicted octanol–water partition coefficient (Wildman–Crippen LogP) is 3.77. The molecule has 1 amide bonds. The maximum Gasteiger partial charge on any atom is 0.255 e. The molecule has 0 saturated carbocycles. The van der Waals surface area contributed by atoms with E-state index >= 15 is 0 Å². The van der Waals surface area contributed by atoms with Gasteiger partial charge in [0.25, 0.3) is 5.91 Å². The number of ether oxygens (including phenoxy) is 2. The number of fused-ring (bicyclic) bond motifs is 1. The highest BCUT2D eigenvalue weighted by Gasteiger charge is 2.12. The van der Waals surface area contributed by atoms with Crippen molar-refractivity contribution in [1.29, 1.82) is 0 Å². The third-order valence-electron chi connectivity index (χ3n) is 4.78. The smallest absolute Gasteiger partial charge is 0.255 e. The van der Waals surface area contributed by atoms with Crippen LogP contribution >= 0.6 is 0 Å². The van der Waals surface area contributed by atoms with Gasteiger partial charge in [-0.3, -0.25) is 9.36 Å². The molecule has 2 aromatic heterocycles. The molecule has 31 heavy (non-hydrogen) atoms. The number of imidazole rings is 1. The van der Waals surface area contributed by atoms with Crippen LogP contribution in [0.5, 0.6) is 5.75 Å². The van der Waals surface area contributed by atoms with E-state index in [1.165, 1.54) is 0 Å². The zero-order valence-electron chi connectivity index (χ0n) is 17.3. The molecule has 0 fully saturated rings. The number of hydrogen-bond acceptors (Lipinski definition) is 5. The fourth-order valence-corrected chi connectivity index (χ4v) is 3.22. The normalized spacial score (nSPS) is 10.9. The number of para-hydroxylation sites is 3. The Morgan fingerprint density at radius 1 is 1.00 bits per heavy atom. The molecule has 0 bridgehead atoms. The van der Waals surface area contributed by atoms with E-state index in [4.69, 9.17) is 9.47 Å². The van der Waals surface area contributed by atoms with Gasteiger partial charge in [-0.1, -0.05) is 30.3 Å². The largest absolute Gasteiger partial charge is 0.490 e. The maximum absolute atomic E-state index is 12.7. The van der Waals surface area contributed by atoms with E-state index in [1.54, 1.807) is 24.7 Å². The second-order valence-electron chi connectivity index (χ2n) is 6.85. The lowest BCUT2D eigenvalue weighted by Gasteiger charge is -2.12. The summed E-state index contributed by atoms with van der Waals surface area (Å²) < 4.78 is 12.9. The second-order valence-corrected chi connectivity index (χ2v) is 6.85. The number of nitrogens with zero attached hydrogens (tertiary/aromatic N) is 3. The number of aromatic nitrogens is 3. The Morgan fingerprint density at radius 2 is 1.84 bits per heavy atom. The highest BCUT2D eigenvalue weighted by atomic mass is 16.5. The van der Waals surface area contributed by atoms with Gasteiger partial charge >= 0.3 is 0 Å². The number of carbonyl (C=O) groups is 1. The molecule has 7 nitrogen and oxygen atoms in total. The summed E-state index contributed by atoms with van der Waals surface area (Å²) in [6, 6.07) is 19.0. The summed E-state index contributed by atoms with van der Waals surface area (Å²) in [5.74, 6) is 1.12. The average Bonchev–Trinajstić information content (AvgIpc) is 3.25. The lowest BCUT2D eigenvalue weighted by atomic mass is 10.2. The van der Waals surface area contributed by atoms with Gasteiger partial charge in [0, 0.05) is 19.3 Å². The fraction of sp³-hybridized carbons (Fsp3) is 0.208. The molecule has 0 atom stereocenters. The van der Waals surface area contributed by atoms with Crippen LogP contribution in [0, 0.1) is 0 Å². The molecule has 0 saturated heterocycles. The van der Waals surface area contributed by atoms with E-state index in [-0.39, 0.29) is 5.91 Å². The molecular formula is C24H24N4O3. The zero-order valence-corrected chi connectivity index (χ0v) is 17.3. The summed E-state index contributed by atoms with van der Waals surface area (Å²) in [4.78, 5) is 21.6. The van der Waals surface area contributed by atoms with Crippen molar-refractivity contribution in [3.63, 3.8) is 0 Å². The van der Waals surface area contributed by atoms with Crippen LogP contribution in [-0.4, -0.2) is 40.3 Å². The van der Waals surface area contributed by atoms with Gasteiger partial charge in [-0.05, 0) is 42.8 Å². The van der Waals surface area contributed by atoms with E-state index in [9.17, 15) is 4.79 Å². The molecule has 0 unspecified atom stereocenters. The monoisotopic (exact) mass is 416 g/mol. The van der Waals surface area contributed by atoms with Gasteiger partial charge in [0.1, 0.15) is 24.5 Å². The fourth-order valence-electron chi connectivity index (χ4n) is 3.22. The minimum Gasteiger partial charge on any atom is -0.490 e. The Morgan fingerprint density at radius 3 is 2.68 bits per heavy atom. The molecule has 1 N–H and O–H groups in total. The van der Waals surface area contributed by atoms with E-state index in [1.807, 2.05) is 60.0 Å². The van der Waals surface area contributed by atoms with Crippen LogP contribution in [0.1, 0.15) is 22.8 Å². The number of amides is 1. The van der Waals surface area contributed by atoms with Crippen LogP contribution in [0.3, 0.4) is 0 Å². The number of hydrogen-bond donors (Lipinski definition) is 1. The zero-order chi connectivity index (χ0) is 21.5. The molecule has 2 aromatic carbocycles. The summed E-state index contributed by atoms with van der Waals surface area (Å²) in [5, 5.41) is 2.93. The summed E-state index contributed by atoms with van der Waals surface area (Å²) in [6.45, 7) is 3.81. The van der Waals surface area contributed by atoms with Gasteiger partial charge in [-0.25, -0.2) is 9.97 Å². The van der Waals surface area contributed by atoms with Gasteiger partial charge in [0.2, 0.25) is 0 Å². The van der Waals surface area contributed by atoms with E-state index < -0.39 is 0 Å². The minimum atomic E-state index is -0.198. The topological polar surface area (TPSA) is 78.3 Å². The number of carbonyl (C=O) groups excluding carboxylic acids is 1. The van der Waals surface area contributed by atoms with Gasteiger partial charge in [0.15, 0.2) is 0 Å². The Bertz CT molecular complexity index is 1150. The molecule has 0 aliphatic rings. The minimum absolute atomic E-state index is 0.198. The first kappa shape index (κ1) is 20.6. The SMILES string of the molecule is CCOCCOc1ccccc1C(=O)NCc1ccc(-n2cnc3ccccc32)nc1. The van der Waals surface area contributed by atoms with Crippen LogP contribution in [0.15, 0.2) is 73.2 Å². The van der Waals surface area contributed by atoms with Crippen molar-refractivity contribution in [2.24, 2.45) is 0 Å². The third-order valence-corrected chi connectivity index (χ3v) is 4.78. The predicted molar refractivity (Wildman–Crippen MR) is 118 cm³/mol. The first-order valence-corrected chi connectivity index (χ1v) is 10.2. The van der Waals surface area contributed by atoms with Crippen molar-refractivity contribution in [2.75, 3.05) is 19.8 Å². The molecule has 4 aromatic rings. The molecule has 4 rings (SSSR count). The molecule has 0 radical (unpaired) electrons.